The van der Waals surface area contributed by atoms with Gasteiger partial charge in [-0.25, -0.2) is 0 Å². The lowest BCUT2D eigenvalue weighted by Crippen LogP contribution is -2.25. The molecule has 2 rings (SSSR count). The van der Waals surface area contributed by atoms with E-state index < -0.39 is 0 Å². The molecule has 4 N–H and O–H groups in total. The minimum atomic E-state index is -0.0349. The number of hydrogen-bond donors (Lipinski definition) is 2. The van der Waals surface area contributed by atoms with Crippen LogP contribution in [0.2, 0.25) is 0 Å². The van der Waals surface area contributed by atoms with Crippen LogP contribution >= 0.6 is 0 Å². The molecule has 0 aliphatic rings. The highest BCUT2D eigenvalue weighted by Crippen LogP contribution is 2.46. The van der Waals surface area contributed by atoms with Crippen molar-refractivity contribution in [1.29, 1.82) is 0 Å². The van der Waals surface area contributed by atoms with Gasteiger partial charge in [0.1, 0.15) is 0 Å². The predicted octanol–water partition coefficient (Wildman–Crippen LogP) is 7.90. The maximum atomic E-state index is 5.81. The minimum Gasteiger partial charge on any atom is -0.411 e. The summed E-state index contributed by atoms with van der Waals surface area (Å²) >= 11 is 0. The Morgan fingerprint density at radius 2 is 0.853 bits per heavy atom. The summed E-state index contributed by atoms with van der Waals surface area (Å²) < 4.78 is 0. The van der Waals surface area contributed by atoms with Gasteiger partial charge in [0.2, 0.25) is 0 Å². The summed E-state index contributed by atoms with van der Waals surface area (Å²) in [7, 11) is 0. The van der Waals surface area contributed by atoms with Crippen molar-refractivity contribution in [2.24, 2.45) is 22.6 Å². The van der Waals surface area contributed by atoms with Gasteiger partial charge in [-0.15, -0.1) is 0 Å². The molecule has 0 aromatic heterocycles. The van der Waals surface area contributed by atoms with Crippen LogP contribution in [-0.2, 0) is 10.8 Å². The quantitative estimate of drug-likeness (QED) is 0.405. The Bertz CT molecular complexity index is 938. The van der Waals surface area contributed by atoms with E-state index in [4.69, 9.17) is 21.5 Å². The second kappa shape index (κ2) is 9.54. The third-order valence-electron chi connectivity index (χ3n) is 6.58. The van der Waals surface area contributed by atoms with Crippen molar-refractivity contribution in [3.8, 4) is 22.6 Å². The summed E-state index contributed by atoms with van der Waals surface area (Å²) in [5.74, 6) is 12.9. The van der Waals surface area contributed by atoms with Gasteiger partial charge in [-0.1, -0.05) is 81.4 Å². The van der Waals surface area contributed by atoms with Crippen molar-refractivity contribution in [3.05, 3.63) is 46.5 Å². The second-order valence-corrected chi connectivity index (χ2v) is 13.8. The van der Waals surface area contributed by atoms with Gasteiger partial charge in [0.05, 0.1) is 0 Å². The van der Waals surface area contributed by atoms with E-state index >= 15 is 0 Å². The van der Waals surface area contributed by atoms with Gasteiger partial charge in [-0.2, -0.15) is 11.8 Å². The Morgan fingerprint density at radius 1 is 0.559 bits per heavy atom. The molecular formula is C30H48N2O2. The van der Waals surface area contributed by atoms with Crippen molar-refractivity contribution < 1.29 is 9.68 Å². The lowest BCUT2D eigenvalue weighted by atomic mass is 9.70. The topological polar surface area (TPSA) is 70.5 Å². The molecular weight excluding hydrogens is 420 g/mol. The molecule has 34 heavy (non-hydrogen) atoms. The minimum absolute atomic E-state index is 0.0349. The van der Waals surface area contributed by atoms with Gasteiger partial charge >= 0.3 is 0 Å². The zero-order valence-electron chi connectivity index (χ0n) is 23.7. The molecule has 2 aromatic carbocycles. The number of benzene rings is 2. The van der Waals surface area contributed by atoms with Gasteiger partial charge in [0.15, 0.2) is 11.5 Å². The molecule has 0 saturated heterocycles. The third kappa shape index (κ3) is 6.55. The number of hydrogen-bond acceptors (Lipinski definition) is 4. The first-order chi connectivity index (χ1) is 15.3. The standard InChI is InChI=1S/C30H48N2O2/c1-19-13-21(29(9,10)17-27(3,4)5)15-23(25(19)33-31)24-16-22(14-20(2)26(24)34-32)30(11,12)18-28(6,7)8/h13-16H,17-18,31-32H2,1-12H3. The van der Waals surface area contributed by atoms with E-state index in [-0.39, 0.29) is 21.7 Å². The third-order valence-corrected chi connectivity index (χ3v) is 6.58. The Balaban J connectivity index is 2.83. The molecule has 0 spiro atoms. The maximum absolute atomic E-state index is 5.81. The van der Waals surface area contributed by atoms with Gasteiger partial charge < -0.3 is 9.68 Å². The van der Waals surface area contributed by atoms with Crippen molar-refractivity contribution in [1.82, 2.24) is 0 Å². The van der Waals surface area contributed by atoms with Gasteiger partial charge in [-0.3, -0.25) is 0 Å². The zero-order chi connectivity index (χ0) is 26.3. The Labute approximate surface area is 208 Å². The fourth-order valence-electron chi connectivity index (χ4n) is 5.90. The van der Waals surface area contributed by atoms with Crippen LogP contribution in [-0.4, -0.2) is 0 Å². The molecule has 0 atom stereocenters. The van der Waals surface area contributed by atoms with Gasteiger partial charge in [-0.05, 0) is 82.7 Å². The number of aryl methyl sites for hydroxylation is 2. The van der Waals surface area contributed by atoms with Gasteiger partial charge in [0.25, 0.3) is 0 Å². The second-order valence-electron chi connectivity index (χ2n) is 13.8. The van der Waals surface area contributed by atoms with Crippen LogP contribution in [0.15, 0.2) is 24.3 Å². The van der Waals surface area contributed by atoms with E-state index in [1.165, 1.54) is 11.1 Å². The normalized spacial score (nSPS) is 13.2. The molecule has 2 aromatic rings. The molecule has 190 valence electrons. The van der Waals surface area contributed by atoms with Gasteiger partial charge in [0, 0.05) is 11.1 Å². The summed E-state index contributed by atoms with van der Waals surface area (Å²) in [4.78, 5) is 10.9. The molecule has 0 unspecified atom stereocenters. The van der Waals surface area contributed by atoms with E-state index in [2.05, 4.69) is 93.5 Å². The molecule has 0 radical (unpaired) electrons. The van der Waals surface area contributed by atoms with Crippen molar-refractivity contribution in [2.75, 3.05) is 0 Å². The van der Waals surface area contributed by atoms with Crippen molar-refractivity contribution in [3.63, 3.8) is 0 Å². The highest BCUT2D eigenvalue weighted by atomic mass is 16.6. The monoisotopic (exact) mass is 468 g/mol. The Kier molecular flexibility index (Phi) is 7.92. The molecule has 0 bridgehead atoms. The molecule has 0 heterocycles. The predicted molar refractivity (Wildman–Crippen MR) is 145 cm³/mol. The number of rotatable bonds is 7. The molecule has 0 saturated carbocycles. The van der Waals surface area contributed by atoms with Crippen LogP contribution in [0.5, 0.6) is 11.5 Å². The first-order valence-electron chi connectivity index (χ1n) is 12.4. The van der Waals surface area contributed by atoms with Crippen LogP contribution in [0.1, 0.15) is 104 Å². The fraction of sp³-hybridized carbons (Fsp3) is 0.600. The smallest absolute Gasteiger partial charge is 0.157 e. The van der Waals surface area contributed by atoms with E-state index in [9.17, 15) is 0 Å². The lowest BCUT2D eigenvalue weighted by molar-refractivity contribution is 0.282. The molecule has 0 aliphatic heterocycles. The Hall–Kier alpha value is -2.04. The van der Waals surface area contributed by atoms with Crippen LogP contribution < -0.4 is 21.5 Å². The Morgan fingerprint density at radius 3 is 1.09 bits per heavy atom. The first-order valence-corrected chi connectivity index (χ1v) is 12.4. The molecule has 4 nitrogen and oxygen atoms in total. The summed E-state index contributed by atoms with van der Waals surface area (Å²) in [6, 6.07) is 8.80. The summed E-state index contributed by atoms with van der Waals surface area (Å²) in [6.45, 7) is 27.0. The highest BCUT2D eigenvalue weighted by Gasteiger charge is 2.32. The zero-order valence-corrected chi connectivity index (χ0v) is 23.7. The van der Waals surface area contributed by atoms with E-state index in [0.717, 1.165) is 35.1 Å². The summed E-state index contributed by atoms with van der Waals surface area (Å²) in [5.41, 5.74) is 6.63. The lowest BCUT2D eigenvalue weighted by Gasteiger charge is -2.35. The van der Waals surface area contributed by atoms with E-state index in [1.807, 2.05) is 13.8 Å². The maximum Gasteiger partial charge on any atom is 0.157 e. The molecule has 0 amide bonds. The number of nitrogens with two attached hydrogens (primary N) is 2. The summed E-state index contributed by atoms with van der Waals surface area (Å²) in [6.07, 6.45) is 2.08. The van der Waals surface area contributed by atoms with Crippen molar-refractivity contribution >= 4 is 0 Å². The van der Waals surface area contributed by atoms with Crippen molar-refractivity contribution in [2.45, 2.75) is 107 Å². The van der Waals surface area contributed by atoms with Crippen LogP contribution in [0.3, 0.4) is 0 Å². The molecule has 4 heteroatoms. The van der Waals surface area contributed by atoms with E-state index in [0.29, 0.717) is 11.5 Å². The fourth-order valence-corrected chi connectivity index (χ4v) is 5.90. The van der Waals surface area contributed by atoms with Crippen LogP contribution in [0.25, 0.3) is 11.1 Å². The SMILES string of the molecule is Cc1cc(C(C)(C)CC(C)(C)C)cc(-c2cc(C(C)(C)CC(C)(C)C)cc(C)c2ON)c1ON. The largest absolute Gasteiger partial charge is 0.411 e. The highest BCUT2D eigenvalue weighted by molar-refractivity contribution is 5.80. The first kappa shape index (κ1) is 28.2. The molecule has 0 aliphatic carbocycles. The van der Waals surface area contributed by atoms with Crippen LogP contribution in [0.4, 0.5) is 0 Å². The average molecular weight is 469 g/mol. The average Bonchev–Trinajstić information content (AvgIpc) is 2.62. The summed E-state index contributed by atoms with van der Waals surface area (Å²) in [5, 5.41) is 0. The van der Waals surface area contributed by atoms with Crippen LogP contribution in [0, 0.1) is 24.7 Å². The van der Waals surface area contributed by atoms with E-state index in [1.54, 1.807) is 0 Å². The molecule has 0 fully saturated rings.